The van der Waals surface area contributed by atoms with E-state index in [1.807, 2.05) is 6.92 Å². The van der Waals surface area contributed by atoms with Gasteiger partial charge in [-0.2, -0.15) is 0 Å². The van der Waals surface area contributed by atoms with Gasteiger partial charge in [-0.3, -0.25) is 9.36 Å². The van der Waals surface area contributed by atoms with E-state index >= 15 is 0 Å². The number of nitrogens with zero attached hydrogens (tertiary/aromatic N) is 2. The van der Waals surface area contributed by atoms with Gasteiger partial charge in [0.2, 0.25) is 0 Å². The Morgan fingerprint density at radius 2 is 1.97 bits per heavy atom. The van der Waals surface area contributed by atoms with Crippen LogP contribution in [0.25, 0.3) is 6.08 Å². The van der Waals surface area contributed by atoms with Crippen molar-refractivity contribution in [3.8, 4) is 17.2 Å². The molecule has 1 aromatic heterocycles. The van der Waals surface area contributed by atoms with Gasteiger partial charge in [0.05, 0.1) is 42.2 Å². The summed E-state index contributed by atoms with van der Waals surface area (Å²) in [5.41, 5.74) is 1.81. The van der Waals surface area contributed by atoms with Crippen molar-refractivity contribution in [2.45, 2.75) is 26.8 Å². The summed E-state index contributed by atoms with van der Waals surface area (Å²) in [6.45, 7) is 5.94. The molecule has 0 amide bonds. The standard InChI is InChI=1S/C26H26N2O6S/c1-5-33-20-14-17(10-11-19(20)32-4)23-22(25(31)34-6-2)15(3)27-26-28(23)24(30)21(35-26)13-16-8-7-9-18(29)12-16/h7-14,23,29H,5-6H2,1-4H3/b21-13-/t23-/m1/s1. The summed E-state index contributed by atoms with van der Waals surface area (Å²) in [5, 5.41) is 9.81. The van der Waals surface area contributed by atoms with E-state index in [1.54, 1.807) is 69.5 Å². The molecule has 1 aliphatic heterocycles. The van der Waals surface area contributed by atoms with Crippen LogP contribution in [0.3, 0.4) is 0 Å². The Morgan fingerprint density at radius 3 is 2.66 bits per heavy atom. The Kier molecular flexibility index (Phi) is 7.07. The summed E-state index contributed by atoms with van der Waals surface area (Å²) in [4.78, 5) is 31.7. The second kappa shape index (κ2) is 10.2. The molecule has 2 heterocycles. The van der Waals surface area contributed by atoms with E-state index in [0.29, 0.717) is 44.3 Å². The first kappa shape index (κ1) is 24.3. The predicted molar refractivity (Wildman–Crippen MR) is 133 cm³/mol. The van der Waals surface area contributed by atoms with E-state index in [2.05, 4.69) is 4.99 Å². The molecule has 0 saturated heterocycles. The van der Waals surface area contributed by atoms with Crippen molar-refractivity contribution in [3.05, 3.63) is 84.5 Å². The number of allylic oxidation sites excluding steroid dienone is 1. The maximum atomic E-state index is 13.6. The SMILES string of the molecule is CCOC(=O)C1=C(C)N=c2s/c(=C\c3cccc(O)c3)c(=O)n2[C@@H]1c1ccc(OC)c(OCC)c1. The fourth-order valence-electron chi connectivity index (χ4n) is 4.00. The Balaban J connectivity index is 1.97. The lowest BCUT2D eigenvalue weighted by Crippen LogP contribution is -2.40. The highest BCUT2D eigenvalue weighted by Gasteiger charge is 2.33. The molecule has 9 heteroatoms. The minimum Gasteiger partial charge on any atom is -0.508 e. The number of phenolic OH excluding ortho intramolecular Hbond substituents is 1. The van der Waals surface area contributed by atoms with Crippen LogP contribution in [0.2, 0.25) is 0 Å². The lowest BCUT2D eigenvalue weighted by atomic mass is 9.95. The first-order valence-corrected chi connectivity index (χ1v) is 12.0. The van der Waals surface area contributed by atoms with Crippen LogP contribution in [0.1, 0.15) is 37.9 Å². The summed E-state index contributed by atoms with van der Waals surface area (Å²) in [5.74, 6) is 0.624. The number of rotatable bonds is 7. The topological polar surface area (TPSA) is 99.4 Å². The number of phenols is 1. The van der Waals surface area contributed by atoms with Crippen molar-refractivity contribution in [1.29, 1.82) is 0 Å². The molecule has 1 aliphatic rings. The van der Waals surface area contributed by atoms with E-state index in [0.717, 1.165) is 0 Å². The lowest BCUT2D eigenvalue weighted by Gasteiger charge is -2.25. The Morgan fingerprint density at radius 1 is 1.17 bits per heavy atom. The van der Waals surface area contributed by atoms with Gasteiger partial charge in [-0.15, -0.1) is 0 Å². The van der Waals surface area contributed by atoms with Crippen LogP contribution in [-0.2, 0) is 9.53 Å². The van der Waals surface area contributed by atoms with E-state index < -0.39 is 12.0 Å². The van der Waals surface area contributed by atoms with E-state index in [4.69, 9.17) is 14.2 Å². The molecule has 0 radical (unpaired) electrons. The van der Waals surface area contributed by atoms with Crippen molar-refractivity contribution < 1.29 is 24.1 Å². The summed E-state index contributed by atoms with van der Waals surface area (Å²) >= 11 is 1.22. The first-order valence-electron chi connectivity index (χ1n) is 11.2. The number of methoxy groups -OCH3 is 1. The molecule has 1 atom stereocenters. The molecular weight excluding hydrogens is 468 g/mol. The molecule has 35 heavy (non-hydrogen) atoms. The highest BCUT2D eigenvalue weighted by Crippen LogP contribution is 2.36. The largest absolute Gasteiger partial charge is 0.508 e. The molecule has 8 nitrogen and oxygen atoms in total. The number of ether oxygens (including phenoxy) is 3. The number of thiazole rings is 1. The van der Waals surface area contributed by atoms with Crippen molar-refractivity contribution in [2.24, 2.45) is 4.99 Å². The normalized spacial score (nSPS) is 15.4. The third-order valence-corrected chi connectivity index (χ3v) is 6.47. The average molecular weight is 495 g/mol. The first-order chi connectivity index (χ1) is 16.9. The van der Waals surface area contributed by atoms with E-state index in [9.17, 15) is 14.7 Å². The van der Waals surface area contributed by atoms with Crippen LogP contribution in [0, 0.1) is 0 Å². The lowest BCUT2D eigenvalue weighted by molar-refractivity contribution is -0.139. The number of fused-ring (bicyclic) bond motifs is 1. The molecule has 182 valence electrons. The summed E-state index contributed by atoms with van der Waals surface area (Å²) in [6.07, 6.45) is 1.70. The fourth-order valence-corrected chi connectivity index (χ4v) is 5.05. The molecule has 0 spiro atoms. The number of hydrogen-bond donors (Lipinski definition) is 1. The van der Waals surface area contributed by atoms with Crippen molar-refractivity contribution >= 4 is 23.4 Å². The third-order valence-electron chi connectivity index (χ3n) is 5.49. The highest BCUT2D eigenvalue weighted by molar-refractivity contribution is 7.07. The molecule has 0 fully saturated rings. The second-order valence-electron chi connectivity index (χ2n) is 7.74. The maximum absolute atomic E-state index is 13.6. The van der Waals surface area contributed by atoms with Crippen molar-refractivity contribution in [2.75, 3.05) is 20.3 Å². The monoisotopic (exact) mass is 494 g/mol. The van der Waals surface area contributed by atoms with Crippen LogP contribution in [0.4, 0.5) is 0 Å². The number of carbonyl (C=O) groups excluding carboxylic acids is 1. The van der Waals surface area contributed by atoms with Crippen molar-refractivity contribution in [1.82, 2.24) is 4.57 Å². The van der Waals surface area contributed by atoms with Gasteiger partial charge in [-0.25, -0.2) is 9.79 Å². The number of carbonyl (C=O) groups is 1. The maximum Gasteiger partial charge on any atom is 0.338 e. The highest BCUT2D eigenvalue weighted by atomic mass is 32.1. The van der Waals surface area contributed by atoms with Gasteiger partial charge in [0.15, 0.2) is 16.3 Å². The van der Waals surface area contributed by atoms with Gasteiger partial charge >= 0.3 is 5.97 Å². The quantitative estimate of drug-likeness (QED) is 0.507. The van der Waals surface area contributed by atoms with Crippen LogP contribution in [0.5, 0.6) is 17.2 Å². The number of aromatic hydroxyl groups is 1. The number of aromatic nitrogens is 1. The summed E-state index contributed by atoms with van der Waals surface area (Å²) in [6, 6.07) is 11.2. The Hall–Kier alpha value is -3.85. The second-order valence-corrected chi connectivity index (χ2v) is 8.75. The smallest absolute Gasteiger partial charge is 0.338 e. The van der Waals surface area contributed by atoms with Crippen molar-refractivity contribution in [3.63, 3.8) is 0 Å². The molecule has 0 saturated carbocycles. The molecule has 4 rings (SSSR count). The molecule has 0 unspecified atom stereocenters. The van der Waals surface area contributed by atoms with Crippen LogP contribution in [-0.4, -0.2) is 36.0 Å². The van der Waals surface area contributed by atoms with E-state index in [1.165, 1.54) is 15.9 Å². The third kappa shape index (κ3) is 4.72. The van der Waals surface area contributed by atoms with Gasteiger partial charge in [0.1, 0.15) is 5.75 Å². The number of benzene rings is 2. The zero-order valence-electron chi connectivity index (χ0n) is 19.9. The zero-order chi connectivity index (χ0) is 25.1. The van der Waals surface area contributed by atoms with Gasteiger partial charge in [0, 0.05) is 0 Å². The van der Waals surface area contributed by atoms with Gasteiger partial charge in [-0.1, -0.05) is 29.5 Å². The molecular formula is C26H26N2O6S. The minimum absolute atomic E-state index is 0.103. The Bertz CT molecular complexity index is 1480. The number of hydrogen-bond acceptors (Lipinski definition) is 8. The van der Waals surface area contributed by atoms with Gasteiger partial charge < -0.3 is 19.3 Å². The van der Waals surface area contributed by atoms with Crippen LogP contribution < -0.4 is 24.4 Å². The number of esters is 1. The fraction of sp³-hybridized carbons (Fsp3) is 0.269. The Labute approximate surface area is 206 Å². The molecule has 2 aromatic carbocycles. The van der Waals surface area contributed by atoms with Crippen LogP contribution >= 0.6 is 11.3 Å². The minimum atomic E-state index is -0.762. The summed E-state index contributed by atoms with van der Waals surface area (Å²) in [7, 11) is 1.55. The van der Waals surface area contributed by atoms with Gasteiger partial charge in [0.25, 0.3) is 5.56 Å². The molecule has 0 aliphatic carbocycles. The van der Waals surface area contributed by atoms with Gasteiger partial charge in [-0.05, 0) is 62.2 Å². The summed E-state index contributed by atoms with van der Waals surface area (Å²) < 4.78 is 18.4. The molecule has 3 aromatic rings. The van der Waals surface area contributed by atoms with Crippen LogP contribution in [0.15, 0.2) is 63.5 Å². The predicted octanol–water partition coefficient (Wildman–Crippen LogP) is 2.91. The average Bonchev–Trinajstić information content (AvgIpc) is 3.12. The van der Waals surface area contributed by atoms with E-state index in [-0.39, 0.29) is 23.5 Å². The molecule has 1 N–H and O–H groups in total. The zero-order valence-corrected chi connectivity index (χ0v) is 20.7. The molecule has 0 bridgehead atoms.